The number of fused-ring (bicyclic) bond motifs is 1. The molecule has 1 fully saturated rings. The van der Waals surface area contributed by atoms with Gasteiger partial charge in [0.1, 0.15) is 12.4 Å². The number of nitrogens with zero attached hydrogens (tertiary/aromatic N) is 3. The molecule has 2 aliphatic heterocycles. The van der Waals surface area contributed by atoms with Crippen molar-refractivity contribution in [3.63, 3.8) is 0 Å². The lowest BCUT2D eigenvalue weighted by molar-refractivity contribution is 0.320. The molecule has 6 nitrogen and oxygen atoms in total. The highest BCUT2D eigenvalue weighted by Crippen LogP contribution is 2.36. The first-order valence-electron chi connectivity index (χ1n) is 6.98. The van der Waals surface area contributed by atoms with E-state index in [1.807, 2.05) is 0 Å². The van der Waals surface area contributed by atoms with Gasteiger partial charge in [0.25, 0.3) is 0 Å². The number of nitrogens with two attached hydrogens (primary N) is 1. The largest absolute Gasteiger partial charge is 0.485 e. The van der Waals surface area contributed by atoms with E-state index >= 15 is 0 Å². The van der Waals surface area contributed by atoms with E-state index < -0.39 is 0 Å². The van der Waals surface area contributed by atoms with Gasteiger partial charge in [-0.2, -0.15) is 0 Å². The van der Waals surface area contributed by atoms with E-state index in [0.717, 1.165) is 49.3 Å². The zero-order chi connectivity index (χ0) is 13.7. The molecule has 19 heavy (non-hydrogen) atoms. The van der Waals surface area contributed by atoms with Gasteiger partial charge in [-0.05, 0) is 19.9 Å². The molecule has 1 aromatic heterocycles. The Bertz CT molecular complexity index is 418. The molecule has 0 radical (unpaired) electrons. The van der Waals surface area contributed by atoms with E-state index in [1.165, 1.54) is 19.9 Å². The van der Waals surface area contributed by atoms with Crippen LogP contribution in [-0.4, -0.2) is 43.3 Å². The van der Waals surface area contributed by atoms with Gasteiger partial charge in [-0.15, -0.1) is 0 Å². The molecule has 2 aliphatic rings. The second-order valence-corrected chi connectivity index (χ2v) is 4.46. The summed E-state index contributed by atoms with van der Waals surface area (Å²) < 4.78 is 5.74. The average molecular weight is 265 g/mol. The Balaban J connectivity index is 0.000000637. The van der Waals surface area contributed by atoms with E-state index in [-0.39, 0.29) is 0 Å². The Kier molecular flexibility index (Phi) is 4.79. The van der Waals surface area contributed by atoms with Crippen LogP contribution in [0.4, 0.5) is 11.6 Å². The molecule has 3 rings (SSSR count). The number of aryl methyl sites for hydroxylation is 1. The maximum Gasteiger partial charge on any atom is 0.204 e. The first-order valence-corrected chi connectivity index (χ1v) is 6.98. The Hall–Kier alpha value is -1.56. The average Bonchev–Trinajstić information content (AvgIpc) is 3.02. The van der Waals surface area contributed by atoms with Gasteiger partial charge in [0.2, 0.25) is 5.75 Å². The van der Waals surface area contributed by atoms with E-state index in [1.54, 1.807) is 0 Å². The second kappa shape index (κ2) is 6.56. The third-order valence-corrected chi connectivity index (χ3v) is 3.26. The minimum absolute atomic E-state index is 0.697. The minimum Gasteiger partial charge on any atom is -0.485 e. The van der Waals surface area contributed by atoms with Crippen molar-refractivity contribution in [2.75, 3.05) is 43.5 Å². The molecular formula is C13H23N5O. The van der Waals surface area contributed by atoms with Crippen molar-refractivity contribution in [3.8, 4) is 5.75 Å². The third-order valence-electron chi connectivity index (χ3n) is 3.26. The molecule has 0 saturated carbocycles. The summed E-state index contributed by atoms with van der Waals surface area (Å²) in [5.41, 5.74) is 4.50. The van der Waals surface area contributed by atoms with Gasteiger partial charge in [0, 0.05) is 19.5 Å². The molecule has 0 atom stereocenters. The van der Waals surface area contributed by atoms with Gasteiger partial charge < -0.3 is 20.7 Å². The predicted molar refractivity (Wildman–Crippen MR) is 77.0 cm³/mol. The molecule has 3 N–H and O–H groups in total. The monoisotopic (exact) mass is 265 g/mol. The van der Waals surface area contributed by atoms with Crippen molar-refractivity contribution in [2.45, 2.75) is 26.2 Å². The fraction of sp³-hybridized carbons (Fsp3) is 0.692. The lowest BCUT2D eigenvalue weighted by atomic mass is 10.3. The van der Waals surface area contributed by atoms with Crippen LogP contribution in [0.3, 0.4) is 0 Å². The van der Waals surface area contributed by atoms with Crippen molar-refractivity contribution in [2.24, 2.45) is 5.73 Å². The summed E-state index contributed by atoms with van der Waals surface area (Å²) in [4.78, 5) is 11.4. The number of hydrogen-bond donors (Lipinski definition) is 2. The Morgan fingerprint density at radius 1 is 1.26 bits per heavy atom. The summed E-state index contributed by atoms with van der Waals surface area (Å²) in [6.45, 7) is 5.76. The number of aromatic nitrogens is 2. The number of nitrogens with one attached hydrogen (secondary N) is 1. The fourth-order valence-electron chi connectivity index (χ4n) is 2.36. The first-order chi connectivity index (χ1) is 9.38. The van der Waals surface area contributed by atoms with Gasteiger partial charge in [-0.25, -0.2) is 9.97 Å². The lowest BCUT2D eigenvalue weighted by Gasteiger charge is -2.25. The third kappa shape index (κ3) is 2.89. The number of hydrogen-bond acceptors (Lipinski definition) is 6. The van der Waals surface area contributed by atoms with E-state index in [9.17, 15) is 0 Å². The van der Waals surface area contributed by atoms with E-state index in [4.69, 9.17) is 4.74 Å². The van der Waals surface area contributed by atoms with Crippen molar-refractivity contribution < 1.29 is 4.74 Å². The zero-order valence-electron chi connectivity index (χ0n) is 11.8. The van der Waals surface area contributed by atoms with Gasteiger partial charge in [0.05, 0.1) is 6.54 Å². The van der Waals surface area contributed by atoms with E-state index in [2.05, 4.69) is 32.8 Å². The molecule has 3 heterocycles. The van der Waals surface area contributed by atoms with Crippen molar-refractivity contribution in [3.05, 3.63) is 5.82 Å². The van der Waals surface area contributed by atoms with Gasteiger partial charge in [-0.1, -0.05) is 6.92 Å². The van der Waals surface area contributed by atoms with E-state index in [0.29, 0.717) is 6.61 Å². The van der Waals surface area contributed by atoms with Crippen LogP contribution >= 0.6 is 0 Å². The Morgan fingerprint density at radius 2 is 2.00 bits per heavy atom. The molecule has 6 heteroatoms. The number of ether oxygens (including phenoxy) is 1. The first kappa shape index (κ1) is 13.9. The molecule has 106 valence electrons. The van der Waals surface area contributed by atoms with Crippen LogP contribution in [-0.2, 0) is 6.42 Å². The smallest absolute Gasteiger partial charge is 0.204 e. The molecule has 0 bridgehead atoms. The summed E-state index contributed by atoms with van der Waals surface area (Å²) in [5, 5.41) is 3.30. The highest BCUT2D eigenvalue weighted by atomic mass is 16.5. The van der Waals surface area contributed by atoms with Crippen LogP contribution < -0.4 is 20.7 Å². The maximum atomic E-state index is 5.74. The van der Waals surface area contributed by atoms with Crippen LogP contribution in [0.25, 0.3) is 0 Å². The van der Waals surface area contributed by atoms with Gasteiger partial charge in [-0.3, -0.25) is 0 Å². The minimum atomic E-state index is 0.697. The highest BCUT2D eigenvalue weighted by Gasteiger charge is 2.24. The summed E-state index contributed by atoms with van der Waals surface area (Å²) >= 11 is 0. The molecule has 0 spiro atoms. The summed E-state index contributed by atoms with van der Waals surface area (Å²) in [6.07, 6.45) is 3.34. The summed E-state index contributed by atoms with van der Waals surface area (Å²) in [5.74, 6) is 3.58. The van der Waals surface area contributed by atoms with Crippen LogP contribution in [0.1, 0.15) is 25.6 Å². The second-order valence-electron chi connectivity index (χ2n) is 4.46. The maximum absolute atomic E-state index is 5.74. The summed E-state index contributed by atoms with van der Waals surface area (Å²) in [6, 6.07) is 0. The normalized spacial score (nSPS) is 16.9. The van der Waals surface area contributed by atoms with Gasteiger partial charge in [0.15, 0.2) is 11.6 Å². The number of anilines is 2. The topological polar surface area (TPSA) is 76.3 Å². The van der Waals surface area contributed by atoms with Crippen LogP contribution in [0.2, 0.25) is 0 Å². The lowest BCUT2D eigenvalue weighted by Crippen LogP contribution is -2.26. The Morgan fingerprint density at radius 3 is 2.68 bits per heavy atom. The SMILES string of the molecule is CCc1nc2c(c(N3CCCC3)n1)OCCN2.CN. The zero-order valence-corrected chi connectivity index (χ0v) is 11.8. The molecule has 0 aliphatic carbocycles. The quantitative estimate of drug-likeness (QED) is 0.831. The standard InChI is InChI=1S/C12H18N4O.CH5N/c1-2-9-14-11-10(17-8-5-13-11)12(15-9)16-6-3-4-7-16;1-2/h2-8H2,1H3,(H,13,14,15);2H2,1H3. The Labute approximate surface area is 114 Å². The fourth-order valence-corrected chi connectivity index (χ4v) is 2.36. The van der Waals surface area contributed by atoms with Crippen LogP contribution in [0.15, 0.2) is 0 Å². The van der Waals surface area contributed by atoms with Gasteiger partial charge >= 0.3 is 0 Å². The number of rotatable bonds is 2. The molecule has 0 unspecified atom stereocenters. The van der Waals surface area contributed by atoms with Crippen molar-refractivity contribution in [1.29, 1.82) is 0 Å². The van der Waals surface area contributed by atoms with Crippen LogP contribution in [0, 0.1) is 0 Å². The molecular weight excluding hydrogens is 242 g/mol. The van der Waals surface area contributed by atoms with Crippen LogP contribution in [0.5, 0.6) is 5.75 Å². The van der Waals surface area contributed by atoms with Crippen molar-refractivity contribution in [1.82, 2.24) is 9.97 Å². The highest BCUT2D eigenvalue weighted by molar-refractivity contribution is 5.66. The van der Waals surface area contributed by atoms with Crippen molar-refractivity contribution >= 4 is 11.6 Å². The summed E-state index contributed by atoms with van der Waals surface area (Å²) in [7, 11) is 1.50. The molecule has 0 aromatic carbocycles. The molecule has 1 saturated heterocycles. The predicted octanol–water partition coefficient (Wildman–Crippen LogP) is 1.02. The molecule has 1 aromatic rings. The molecule has 0 amide bonds.